The molecule has 2 aromatic heterocycles. The molecule has 0 unspecified atom stereocenters. The second kappa shape index (κ2) is 10.1. The van der Waals surface area contributed by atoms with Gasteiger partial charge >= 0.3 is 0 Å². The number of benzene rings is 2. The van der Waals surface area contributed by atoms with Crippen molar-refractivity contribution in [3.05, 3.63) is 83.7 Å². The number of aromatic nitrogens is 2. The van der Waals surface area contributed by atoms with Gasteiger partial charge in [0.25, 0.3) is 0 Å². The van der Waals surface area contributed by atoms with Gasteiger partial charge in [-0.3, -0.25) is 14.7 Å². The molecule has 0 aliphatic carbocycles. The average molecular weight is 448 g/mol. The monoisotopic (exact) mass is 447 g/mol. The molecule has 2 aromatic carbocycles. The summed E-state index contributed by atoms with van der Waals surface area (Å²) in [5, 5.41) is 0.751. The molecule has 4 nitrogen and oxygen atoms in total. The summed E-state index contributed by atoms with van der Waals surface area (Å²) in [4.78, 5) is 25.2. The van der Waals surface area contributed by atoms with Crippen molar-refractivity contribution in [2.75, 3.05) is 10.7 Å². The number of carbonyl (C=O) groups excluding carboxylic acids is 1. The van der Waals surface area contributed by atoms with E-state index in [1.54, 1.807) is 29.3 Å². The molecule has 0 fully saturated rings. The van der Waals surface area contributed by atoms with Crippen LogP contribution in [-0.4, -0.2) is 21.6 Å². The lowest BCUT2D eigenvalue weighted by atomic mass is 10.2. The topological polar surface area (TPSA) is 46.1 Å². The predicted molar refractivity (Wildman–Crippen MR) is 131 cm³/mol. The first-order chi connectivity index (χ1) is 15.1. The number of carbonyl (C=O) groups is 1. The Balaban J connectivity index is 1.46. The molecular weight excluding hydrogens is 422 g/mol. The first kappa shape index (κ1) is 21.5. The van der Waals surface area contributed by atoms with Crippen LogP contribution in [0, 0.1) is 13.8 Å². The summed E-state index contributed by atoms with van der Waals surface area (Å²) in [7, 11) is 0. The van der Waals surface area contributed by atoms with Crippen molar-refractivity contribution in [2.45, 2.75) is 38.1 Å². The van der Waals surface area contributed by atoms with Crippen LogP contribution in [0.4, 0.5) is 5.13 Å². The van der Waals surface area contributed by atoms with Crippen LogP contribution in [0.15, 0.2) is 71.9 Å². The van der Waals surface area contributed by atoms with Crippen LogP contribution in [0.1, 0.15) is 29.5 Å². The lowest BCUT2D eigenvalue weighted by Gasteiger charge is -2.20. The number of thiazole rings is 1. The van der Waals surface area contributed by atoms with Crippen molar-refractivity contribution in [3.63, 3.8) is 0 Å². The Morgan fingerprint density at radius 3 is 2.65 bits per heavy atom. The molecule has 6 heteroatoms. The van der Waals surface area contributed by atoms with Gasteiger partial charge in [0.1, 0.15) is 0 Å². The third-order valence-electron chi connectivity index (χ3n) is 4.95. The number of aryl methyl sites for hydroxylation is 2. The van der Waals surface area contributed by atoms with Crippen LogP contribution in [0.3, 0.4) is 0 Å². The number of rotatable bonds is 8. The smallest absolute Gasteiger partial charge is 0.229 e. The van der Waals surface area contributed by atoms with Crippen molar-refractivity contribution >= 4 is 44.4 Å². The second-order valence-electron chi connectivity index (χ2n) is 7.57. The number of thioether (sulfide) groups is 1. The Kier molecular flexibility index (Phi) is 6.99. The minimum absolute atomic E-state index is 0.101. The minimum Gasteiger partial charge on any atom is -0.284 e. The van der Waals surface area contributed by atoms with Gasteiger partial charge in [0.05, 0.1) is 16.8 Å². The van der Waals surface area contributed by atoms with Crippen LogP contribution >= 0.6 is 23.1 Å². The van der Waals surface area contributed by atoms with E-state index in [9.17, 15) is 4.79 Å². The van der Waals surface area contributed by atoms with Gasteiger partial charge in [0.15, 0.2) is 5.13 Å². The maximum atomic E-state index is 13.2. The SMILES string of the molecule is Cc1ccc(SCCCC(=O)N(Cc2cccnc2)c2nc3ccc(C)cc3s2)cc1. The number of hydrogen-bond donors (Lipinski definition) is 0. The summed E-state index contributed by atoms with van der Waals surface area (Å²) in [6.45, 7) is 4.65. The van der Waals surface area contributed by atoms with Crippen molar-refractivity contribution in [1.82, 2.24) is 9.97 Å². The molecule has 0 N–H and O–H groups in total. The fourth-order valence-electron chi connectivity index (χ4n) is 3.25. The number of fused-ring (bicyclic) bond motifs is 1. The van der Waals surface area contributed by atoms with E-state index in [0.29, 0.717) is 13.0 Å². The summed E-state index contributed by atoms with van der Waals surface area (Å²) in [5.74, 6) is 1.01. The number of nitrogens with zero attached hydrogens (tertiary/aromatic N) is 3. The maximum absolute atomic E-state index is 13.2. The highest BCUT2D eigenvalue weighted by Crippen LogP contribution is 2.31. The Morgan fingerprint density at radius 2 is 1.87 bits per heavy atom. The van der Waals surface area contributed by atoms with Gasteiger partial charge in [0.2, 0.25) is 5.91 Å². The molecule has 0 bridgehead atoms. The number of pyridine rings is 1. The second-order valence-corrected chi connectivity index (χ2v) is 9.75. The van der Waals surface area contributed by atoms with Gasteiger partial charge in [-0.1, -0.05) is 41.2 Å². The molecule has 0 aliphatic heterocycles. The van der Waals surface area contributed by atoms with Gasteiger partial charge in [-0.05, 0) is 67.5 Å². The van der Waals surface area contributed by atoms with E-state index >= 15 is 0 Å². The van der Waals surface area contributed by atoms with Gasteiger partial charge < -0.3 is 0 Å². The largest absolute Gasteiger partial charge is 0.284 e. The Hall–Kier alpha value is -2.70. The van der Waals surface area contributed by atoms with Crippen molar-refractivity contribution in [1.29, 1.82) is 0 Å². The van der Waals surface area contributed by atoms with Gasteiger partial charge in [0, 0.05) is 23.7 Å². The molecule has 0 atom stereocenters. The lowest BCUT2D eigenvalue weighted by molar-refractivity contribution is -0.118. The molecule has 0 aliphatic rings. The highest BCUT2D eigenvalue weighted by Gasteiger charge is 2.20. The van der Waals surface area contributed by atoms with E-state index in [0.717, 1.165) is 33.1 Å². The van der Waals surface area contributed by atoms with Crippen LogP contribution in [0.2, 0.25) is 0 Å². The molecule has 0 spiro atoms. The first-order valence-corrected chi connectivity index (χ1v) is 12.1. The van der Waals surface area contributed by atoms with Crippen LogP contribution in [-0.2, 0) is 11.3 Å². The van der Waals surface area contributed by atoms with E-state index in [-0.39, 0.29) is 5.91 Å². The van der Waals surface area contributed by atoms with E-state index in [4.69, 9.17) is 4.98 Å². The van der Waals surface area contributed by atoms with Crippen LogP contribution < -0.4 is 4.90 Å². The quantitative estimate of drug-likeness (QED) is 0.231. The minimum atomic E-state index is 0.101. The zero-order valence-electron chi connectivity index (χ0n) is 17.7. The van der Waals surface area contributed by atoms with Crippen molar-refractivity contribution < 1.29 is 4.79 Å². The Bertz CT molecular complexity index is 1160. The third-order valence-corrected chi connectivity index (χ3v) is 7.09. The fraction of sp³-hybridized carbons (Fsp3) is 0.240. The summed E-state index contributed by atoms with van der Waals surface area (Å²) >= 11 is 3.37. The zero-order chi connectivity index (χ0) is 21.6. The first-order valence-electron chi connectivity index (χ1n) is 10.3. The van der Waals surface area contributed by atoms with E-state index in [1.165, 1.54) is 16.0 Å². The van der Waals surface area contributed by atoms with Crippen molar-refractivity contribution in [2.24, 2.45) is 0 Å². The van der Waals surface area contributed by atoms with Gasteiger partial charge in [-0.15, -0.1) is 11.8 Å². The molecule has 1 amide bonds. The van der Waals surface area contributed by atoms with Gasteiger partial charge in [-0.25, -0.2) is 4.98 Å². The van der Waals surface area contributed by atoms with Crippen molar-refractivity contribution in [3.8, 4) is 0 Å². The van der Waals surface area contributed by atoms with Crippen LogP contribution in [0.25, 0.3) is 10.2 Å². The van der Waals surface area contributed by atoms with E-state index in [1.807, 2.05) is 29.3 Å². The normalized spacial score (nSPS) is 11.0. The molecular formula is C25H25N3OS2. The number of hydrogen-bond acceptors (Lipinski definition) is 5. The summed E-state index contributed by atoms with van der Waals surface area (Å²) in [6.07, 6.45) is 4.88. The molecule has 2 heterocycles. The summed E-state index contributed by atoms with van der Waals surface area (Å²) in [5.41, 5.74) is 4.39. The Labute approximate surface area is 191 Å². The highest BCUT2D eigenvalue weighted by molar-refractivity contribution is 7.99. The van der Waals surface area contributed by atoms with Gasteiger partial charge in [-0.2, -0.15) is 0 Å². The number of amides is 1. The number of anilines is 1. The maximum Gasteiger partial charge on any atom is 0.229 e. The Morgan fingerprint density at radius 1 is 1.06 bits per heavy atom. The molecule has 4 aromatic rings. The summed E-state index contributed by atoms with van der Waals surface area (Å²) in [6, 6.07) is 18.6. The molecule has 4 rings (SSSR count). The average Bonchev–Trinajstić information content (AvgIpc) is 3.19. The standard InChI is InChI=1S/C25H25N3OS2/c1-18-7-10-21(11-8-18)30-14-4-6-24(29)28(17-20-5-3-13-26-16-20)25-27-22-12-9-19(2)15-23(22)31-25/h3,5,7-13,15-16H,4,6,14,17H2,1-2H3. The highest BCUT2D eigenvalue weighted by atomic mass is 32.2. The third kappa shape index (κ3) is 5.71. The fourth-order valence-corrected chi connectivity index (χ4v) is 5.19. The lowest BCUT2D eigenvalue weighted by Crippen LogP contribution is -2.30. The zero-order valence-corrected chi connectivity index (χ0v) is 19.4. The van der Waals surface area contributed by atoms with E-state index < -0.39 is 0 Å². The molecule has 0 saturated carbocycles. The molecule has 0 radical (unpaired) electrons. The van der Waals surface area contributed by atoms with Crippen LogP contribution in [0.5, 0.6) is 0 Å². The predicted octanol–water partition coefficient (Wildman–Crippen LogP) is 6.41. The molecule has 0 saturated heterocycles. The molecule has 158 valence electrons. The molecule has 31 heavy (non-hydrogen) atoms. The summed E-state index contributed by atoms with van der Waals surface area (Å²) < 4.78 is 1.11. The van der Waals surface area contributed by atoms with E-state index in [2.05, 4.69) is 55.2 Å².